The smallest absolute Gasteiger partial charge is 0.228 e. The second-order valence-corrected chi connectivity index (χ2v) is 41.2. The van der Waals surface area contributed by atoms with Crippen LogP contribution < -0.4 is 0 Å². The minimum Gasteiger partial charge on any atom is -0.550 e. The molecule has 0 unspecified atom stereocenters. The molecular formula is C16H36O2Si4. The van der Waals surface area contributed by atoms with Crippen molar-refractivity contribution in [3.05, 3.63) is 23.7 Å². The summed E-state index contributed by atoms with van der Waals surface area (Å²) >= 11 is 0. The summed E-state index contributed by atoms with van der Waals surface area (Å²) in [5, 5.41) is 0. The van der Waals surface area contributed by atoms with Gasteiger partial charge in [0.05, 0.1) is 26.7 Å². The van der Waals surface area contributed by atoms with E-state index < -0.39 is 30.9 Å². The van der Waals surface area contributed by atoms with Gasteiger partial charge in [0.15, 0.2) is 0 Å². The van der Waals surface area contributed by atoms with Gasteiger partial charge in [-0.15, -0.1) is 0 Å². The molecule has 2 nitrogen and oxygen atoms in total. The van der Waals surface area contributed by atoms with E-state index in [1.807, 2.05) is 0 Å². The van der Waals surface area contributed by atoms with Gasteiger partial charge in [-0.05, 0) is 38.3 Å². The molecule has 1 rings (SSSR count). The van der Waals surface area contributed by atoms with Crippen LogP contribution in [0.3, 0.4) is 0 Å². The fourth-order valence-corrected chi connectivity index (χ4v) is 6.62. The maximum atomic E-state index is 6.47. The Morgan fingerprint density at radius 2 is 0.864 bits per heavy atom. The molecule has 1 aliphatic rings. The van der Waals surface area contributed by atoms with Crippen LogP contribution in [0.15, 0.2) is 23.7 Å². The first-order chi connectivity index (χ1) is 9.66. The van der Waals surface area contributed by atoms with Crippen LogP contribution in [0.1, 0.15) is 12.8 Å². The van der Waals surface area contributed by atoms with E-state index in [0.717, 1.165) is 12.8 Å². The monoisotopic (exact) mass is 372 g/mol. The molecule has 0 aromatic rings. The van der Waals surface area contributed by atoms with Crippen molar-refractivity contribution < 1.29 is 8.85 Å². The molecule has 0 N–H and O–H groups in total. The third kappa shape index (κ3) is 4.97. The first-order valence-corrected chi connectivity index (χ1v) is 23.3. The Bertz CT molecular complexity index is 422. The lowest BCUT2D eigenvalue weighted by molar-refractivity contribution is 0.363. The molecule has 22 heavy (non-hydrogen) atoms. The highest BCUT2D eigenvalue weighted by Gasteiger charge is 2.42. The Balaban J connectivity index is 2.78. The van der Waals surface area contributed by atoms with Crippen molar-refractivity contribution in [2.45, 2.75) is 78.3 Å². The summed E-state index contributed by atoms with van der Waals surface area (Å²) in [5.74, 6) is 2.36. The lowest BCUT2D eigenvalue weighted by Gasteiger charge is -2.38. The van der Waals surface area contributed by atoms with Crippen molar-refractivity contribution >= 4 is 30.9 Å². The quantitative estimate of drug-likeness (QED) is 0.546. The molecule has 0 heterocycles. The normalized spacial score (nSPS) is 17.7. The first-order valence-electron chi connectivity index (χ1n) is 8.43. The molecule has 0 bridgehead atoms. The maximum absolute atomic E-state index is 6.47. The molecule has 0 fully saturated rings. The van der Waals surface area contributed by atoms with Gasteiger partial charge in [-0.2, -0.15) is 0 Å². The third-order valence-electron chi connectivity index (χ3n) is 5.46. The summed E-state index contributed by atoms with van der Waals surface area (Å²) in [6.07, 6.45) is 6.34. The van der Waals surface area contributed by atoms with Crippen molar-refractivity contribution in [3.8, 4) is 0 Å². The number of allylic oxidation sites excluding steroid dienone is 4. The summed E-state index contributed by atoms with van der Waals surface area (Å²) in [6.45, 7) is 24.0. The molecule has 0 atom stereocenters. The number of hydrogen-bond acceptors (Lipinski definition) is 2. The Morgan fingerprint density at radius 1 is 0.591 bits per heavy atom. The molecular weight excluding hydrogens is 337 g/mol. The van der Waals surface area contributed by atoms with Crippen LogP contribution in [-0.4, -0.2) is 30.9 Å². The van der Waals surface area contributed by atoms with Gasteiger partial charge in [0.1, 0.15) is 0 Å². The van der Waals surface area contributed by atoms with Crippen molar-refractivity contribution in [1.82, 2.24) is 0 Å². The minimum atomic E-state index is -1.57. The Labute approximate surface area is 141 Å². The molecule has 0 spiro atoms. The Morgan fingerprint density at radius 3 is 1.05 bits per heavy atom. The average Bonchev–Trinajstić information content (AvgIpc) is 2.28. The van der Waals surface area contributed by atoms with Crippen LogP contribution in [0.4, 0.5) is 0 Å². The average molecular weight is 373 g/mol. The Kier molecular flexibility index (Phi) is 5.86. The lowest BCUT2D eigenvalue weighted by atomic mass is 10.1. The summed E-state index contributed by atoms with van der Waals surface area (Å²) in [4.78, 5) is 0. The summed E-state index contributed by atoms with van der Waals surface area (Å²) in [5.41, 5.74) is 0. The van der Waals surface area contributed by atoms with E-state index in [-0.39, 0.29) is 0 Å². The van der Waals surface area contributed by atoms with E-state index in [4.69, 9.17) is 8.85 Å². The van der Waals surface area contributed by atoms with Gasteiger partial charge >= 0.3 is 0 Å². The predicted molar refractivity (Wildman–Crippen MR) is 109 cm³/mol. The second-order valence-electron chi connectivity index (χ2n) is 9.49. The molecule has 0 aromatic carbocycles. The second kappa shape index (κ2) is 6.45. The van der Waals surface area contributed by atoms with Gasteiger partial charge in [0, 0.05) is 12.8 Å². The molecule has 0 saturated carbocycles. The first kappa shape index (κ1) is 20.0. The van der Waals surface area contributed by atoms with Crippen LogP contribution in [0.2, 0.25) is 65.5 Å². The zero-order valence-electron chi connectivity index (χ0n) is 16.4. The van der Waals surface area contributed by atoms with Crippen molar-refractivity contribution in [1.29, 1.82) is 0 Å². The van der Waals surface area contributed by atoms with E-state index in [9.17, 15) is 0 Å². The highest BCUT2D eigenvalue weighted by atomic mass is 29.3. The van der Waals surface area contributed by atoms with E-state index in [0.29, 0.717) is 0 Å². The fraction of sp³-hybridized carbons (Fsp3) is 0.750. The van der Waals surface area contributed by atoms with Gasteiger partial charge in [0.2, 0.25) is 15.7 Å². The van der Waals surface area contributed by atoms with Gasteiger partial charge < -0.3 is 8.85 Å². The lowest BCUT2D eigenvalue weighted by Crippen LogP contribution is -2.55. The molecule has 1 aliphatic carbocycles. The number of rotatable bonds is 6. The molecule has 0 saturated heterocycles. The molecule has 0 aliphatic heterocycles. The topological polar surface area (TPSA) is 18.5 Å². The largest absolute Gasteiger partial charge is 0.550 e. The standard InChI is InChI=1S/C16H36O2Si4/c1-19(2,3)21(7,8)17-15-11-13-16(14-12-15)18-22(9,10)20(4,5)6/h11,13H,12,14H2,1-10H3. The fourth-order valence-electron chi connectivity index (χ4n) is 1.73. The van der Waals surface area contributed by atoms with Gasteiger partial charge in [-0.25, -0.2) is 0 Å². The SMILES string of the molecule is C[Si](C)(C)[Si](C)(C)OC1=CC=C(O[Si](C)(C)[Si](C)(C)C)CC1. The summed E-state index contributed by atoms with van der Waals surface area (Å²) in [6, 6.07) is 0. The summed E-state index contributed by atoms with van der Waals surface area (Å²) in [7, 11) is -5.58. The van der Waals surface area contributed by atoms with Crippen molar-refractivity contribution in [2.24, 2.45) is 0 Å². The van der Waals surface area contributed by atoms with E-state index in [2.05, 4.69) is 77.6 Å². The zero-order valence-corrected chi connectivity index (χ0v) is 20.4. The highest BCUT2D eigenvalue weighted by Crippen LogP contribution is 2.30. The van der Waals surface area contributed by atoms with Gasteiger partial charge in [-0.3, -0.25) is 0 Å². The Hall–Kier alpha value is -0.0525. The van der Waals surface area contributed by atoms with Crippen LogP contribution >= 0.6 is 0 Å². The number of hydrogen-bond donors (Lipinski definition) is 0. The molecule has 128 valence electrons. The zero-order chi connectivity index (χ0) is 17.4. The molecule has 0 aromatic heterocycles. The van der Waals surface area contributed by atoms with E-state index in [1.165, 1.54) is 11.5 Å². The molecule has 6 heteroatoms. The van der Waals surface area contributed by atoms with Gasteiger partial charge in [0.25, 0.3) is 0 Å². The molecule has 0 amide bonds. The molecule has 0 radical (unpaired) electrons. The maximum Gasteiger partial charge on any atom is 0.228 e. The van der Waals surface area contributed by atoms with E-state index in [1.54, 1.807) is 0 Å². The van der Waals surface area contributed by atoms with Gasteiger partial charge in [-0.1, -0.05) is 39.3 Å². The predicted octanol–water partition coefficient (Wildman–Crippen LogP) is 5.82. The summed E-state index contributed by atoms with van der Waals surface area (Å²) < 4.78 is 12.9. The van der Waals surface area contributed by atoms with Crippen LogP contribution in [-0.2, 0) is 8.85 Å². The van der Waals surface area contributed by atoms with Crippen molar-refractivity contribution in [3.63, 3.8) is 0 Å². The van der Waals surface area contributed by atoms with E-state index >= 15 is 0 Å². The third-order valence-corrected chi connectivity index (χ3v) is 36.5. The highest BCUT2D eigenvalue weighted by molar-refractivity contribution is 7.38. The minimum absolute atomic E-state index is 1.00. The van der Waals surface area contributed by atoms with Crippen LogP contribution in [0.25, 0.3) is 0 Å². The van der Waals surface area contributed by atoms with Crippen LogP contribution in [0.5, 0.6) is 0 Å². The van der Waals surface area contributed by atoms with Crippen LogP contribution in [0, 0.1) is 0 Å². The van der Waals surface area contributed by atoms with Crippen molar-refractivity contribution in [2.75, 3.05) is 0 Å².